The predicted molar refractivity (Wildman–Crippen MR) is 73.2 cm³/mol. The van der Waals surface area contributed by atoms with Crippen LogP contribution in [0.5, 0.6) is 0 Å². The first-order valence-electron chi connectivity index (χ1n) is 6.39. The molecule has 1 aliphatic heterocycles. The fourth-order valence-corrected chi connectivity index (χ4v) is 3.14. The van der Waals surface area contributed by atoms with Crippen LogP contribution in [0, 0.1) is 0 Å². The van der Waals surface area contributed by atoms with Crippen molar-refractivity contribution in [1.82, 2.24) is 10.2 Å². The number of hydrogen-bond acceptors (Lipinski definition) is 3. The molecule has 2 atom stereocenters. The molecule has 104 valence electrons. The van der Waals surface area contributed by atoms with E-state index < -0.39 is 5.97 Å². The van der Waals surface area contributed by atoms with Gasteiger partial charge in [-0.3, -0.25) is 4.79 Å². The number of aliphatic carboxylic acids is 1. The Labute approximate surface area is 116 Å². The molecule has 19 heavy (non-hydrogen) atoms. The molecule has 2 rings (SSSR count). The Hall–Kier alpha value is -1.56. The van der Waals surface area contributed by atoms with Crippen molar-refractivity contribution >= 4 is 23.3 Å². The normalized spacial score (nSPS) is 20.3. The molecule has 2 amide bonds. The first-order chi connectivity index (χ1) is 9.08. The standard InChI is InChI=1S/C13H18N2O3S/c1-9(10-4-6-19-8-10)14-13(18)15-5-2-3-11(15)7-12(16)17/h4,6,8-9,11H,2-3,5,7H2,1H3,(H,14,18)(H,16,17). The monoisotopic (exact) mass is 282 g/mol. The van der Waals surface area contributed by atoms with Gasteiger partial charge in [-0.25, -0.2) is 4.79 Å². The molecule has 0 aromatic carbocycles. The Morgan fingerprint density at radius 2 is 2.42 bits per heavy atom. The van der Waals surface area contributed by atoms with Crippen molar-refractivity contribution < 1.29 is 14.7 Å². The average Bonchev–Trinajstić information content (AvgIpc) is 2.97. The van der Waals surface area contributed by atoms with Crippen molar-refractivity contribution in [3.8, 4) is 0 Å². The molecule has 0 radical (unpaired) electrons. The van der Waals surface area contributed by atoms with Gasteiger partial charge in [-0.1, -0.05) is 0 Å². The third-order valence-electron chi connectivity index (χ3n) is 3.43. The van der Waals surface area contributed by atoms with Crippen LogP contribution in [0.25, 0.3) is 0 Å². The molecule has 1 saturated heterocycles. The van der Waals surface area contributed by atoms with Crippen molar-refractivity contribution in [2.75, 3.05) is 6.54 Å². The second-order valence-corrected chi connectivity index (χ2v) is 5.60. The highest BCUT2D eigenvalue weighted by Gasteiger charge is 2.30. The lowest BCUT2D eigenvalue weighted by atomic mass is 10.1. The number of hydrogen-bond donors (Lipinski definition) is 2. The van der Waals surface area contributed by atoms with Gasteiger partial charge >= 0.3 is 12.0 Å². The van der Waals surface area contributed by atoms with E-state index in [9.17, 15) is 9.59 Å². The van der Waals surface area contributed by atoms with Gasteiger partial charge in [-0.15, -0.1) is 0 Å². The van der Waals surface area contributed by atoms with Gasteiger partial charge in [0.2, 0.25) is 0 Å². The van der Waals surface area contributed by atoms with Crippen LogP contribution < -0.4 is 5.32 Å². The topological polar surface area (TPSA) is 69.6 Å². The predicted octanol–water partition coefficient (Wildman–Crippen LogP) is 2.46. The lowest BCUT2D eigenvalue weighted by molar-refractivity contribution is -0.137. The number of carbonyl (C=O) groups excluding carboxylic acids is 1. The molecule has 0 bridgehead atoms. The van der Waals surface area contributed by atoms with E-state index >= 15 is 0 Å². The summed E-state index contributed by atoms with van der Waals surface area (Å²) in [7, 11) is 0. The Kier molecular flexibility index (Phi) is 4.42. The molecule has 1 fully saturated rings. The van der Waals surface area contributed by atoms with Gasteiger partial charge in [0.1, 0.15) is 0 Å². The van der Waals surface area contributed by atoms with E-state index in [4.69, 9.17) is 5.11 Å². The molecule has 0 spiro atoms. The maximum Gasteiger partial charge on any atom is 0.318 e. The second-order valence-electron chi connectivity index (χ2n) is 4.82. The fraction of sp³-hybridized carbons (Fsp3) is 0.538. The van der Waals surface area contributed by atoms with E-state index in [-0.39, 0.29) is 24.5 Å². The molecule has 1 aromatic heterocycles. The van der Waals surface area contributed by atoms with Gasteiger partial charge < -0.3 is 15.3 Å². The number of nitrogens with zero attached hydrogens (tertiary/aromatic N) is 1. The van der Waals surface area contributed by atoms with E-state index in [0.717, 1.165) is 18.4 Å². The van der Waals surface area contributed by atoms with Crippen LogP contribution in [0.3, 0.4) is 0 Å². The number of carboxylic acids is 1. The number of amides is 2. The number of carbonyl (C=O) groups is 2. The van der Waals surface area contributed by atoms with E-state index in [2.05, 4.69) is 5.32 Å². The minimum Gasteiger partial charge on any atom is -0.481 e. The molecule has 0 aliphatic carbocycles. The smallest absolute Gasteiger partial charge is 0.318 e. The molecule has 1 aromatic rings. The second kappa shape index (κ2) is 6.06. The van der Waals surface area contributed by atoms with Gasteiger partial charge in [0, 0.05) is 12.6 Å². The molecular weight excluding hydrogens is 264 g/mol. The highest BCUT2D eigenvalue weighted by molar-refractivity contribution is 7.07. The van der Waals surface area contributed by atoms with E-state index in [1.54, 1.807) is 16.2 Å². The summed E-state index contributed by atoms with van der Waals surface area (Å²) in [6.45, 7) is 2.57. The van der Waals surface area contributed by atoms with Crippen molar-refractivity contribution in [3.05, 3.63) is 22.4 Å². The van der Waals surface area contributed by atoms with Gasteiger partial charge in [0.25, 0.3) is 0 Å². The fourth-order valence-electron chi connectivity index (χ4n) is 2.39. The number of urea groups is 1. The lowest BCUT2D eigenvalue weighted by Gasteiger charge is -2.25. The Balaban J connectivity index is 1.93. The highest BCUT2D eigenvalue weighted by Crippen LogP contribution is 2.22. The Bertz CT molecular complexity index is 447. The van der Waals surface area contributed by atoms with Crippen LogP contribution in [0.2, 0.25) is 0 Å². The third kappa shape index (κ3) is 3.47. The van der Waals surface area contributed by atoms with Crippen LogP contribution in [0.1, 0.15) is 37.8 Å². The van der Waals surface area contributed by atoms with Gasteiger partial charge in [0.05, 0.1) is 12.5 Å². The molecule has 2 heterocycles. The van der Waals surface area contributed by atoms with Crippen LogP contribution in [0.4, 0.5) is 4.79 Å². The van der Waals surface area contributed by atoms with Gasteiger partial charge in [-0.2, -0.15) is 11.3 Å². The quantitative estimate of drug-likeness (QED) is 0.891. The molecule has 2 unspecified atom stereocenters. The largest absolute Gasteiger partial charge is 0.481 e. The average molecular weight is 282 g/mol. The van der Waals surface area contributed by atoms with E-state index in [1.807, 2.05) is 23.8 Å². The summed E-state index contributed by atoms with van der Waals surface area (Å²) in [6, 6.07) is 1.59. The number of rotatable bonds is 4. The van der Waals surface area contributed by atoms with Gasteiger partial charge in [-0.05, 0) is 42.2 Å². The molecule has 1 aliphatic rings. The number of nitrogens with one attached hydrogen (secondary N) is 1. The molecular formula is C13H18N2O3S. The highest BCUT2D eigenvalue weighted by atomic mass is 32.1. The maximum atomic E-state index is 12.2. The summed E-state index contributed by atoms with van der Waals surface area (Å²) in [5.41, 5.74) is 1.08. The van der Waals surface area contributed by atoms with E-state index in [1.165, 1.54) is 0 Å². The summed E-state index contributed by atoms with van der Waals surface area (Å²) in [5, 5.41) is 15.8. The first kappa shape index (κ1) is 13.9. The van der Waals surface area contributed by atoms with Crippen molar-refractivity contribution in [2.45, 2.75) is 38.3 Å². The molecule has 6 heteroatoms. The molecule has 0 saturated carbocycles. The number of thiophene rings is 1. The summed E-state index contributed by atoms with van der Waals surface area (Å²) in [4.78, 5) is 24.6. The summed E-state index contributed by atoms with van der Waals surface area (Å²) in [6.07, 6.45) is 1.67. The Morgan fingerprint density at radius 3 is 3.05 bits per heavy atom. The lowest BCUT2D eigenvalue weighted by Crippen LogP contribution is -2.44. The number of carboxylic acid groups (broad SMARTS) is 1. The van der Waals surface area contributed by atoms with Crippen LogP contribution >= 0.6 is 11.3 Å². The zero-order valence-electron chi connectivity index (χ0n) is 10.8. The van der Waals surface area contributed by atoms with Crippen LogP contribution in [-0.2, 0) is 4.79 Å². The van der Waals surface area contributed by atoms with E-state index in [0.29, 0.717) is 6.54 Å². The van der Waals surface area contributed by atoms with Crippen LogP contribution in [-0.4, -0.2) is 34.6 Å². The zero-order chi connectivity index (χ0) is 13.8. The zero-order valence-corrected chi connectivity index (χ0v) is 11.7. The summed E-state index contributed by atoms with van der Waals surface area (Å²) >= 11 is 1.59. The first-order valence-corrected chi connectivity index (χ1v) is 7.33. The summed E-state index contributed by atoms with van der Waals surface area (Å²) in [5.74, 6) is -0.851. The SMILES string of the molecule is CC(NC(=O)N1CCCC1CC(=O)O)c1ccsc1. The minimum atomic E-state index is -0.851. The summed E-state index contributed by atoms with van der Waals surface area (Å²) < 4.78 is 0. The number of likely N-dealkylation sites (tertiary alicyclic amines) is 1. The van der Waals surface area contributed by atoms with Gasteiger partial charge in [0.15, 0.2) is 0 Å². The van der Waals surface area contributed by atoms with Crippen molar-refractivity contribution in [2.24, 2.45) is 0 Å². The Morgan fingerprint density at radius 1 is 1.63 bits per heavy atom. The molecule has 2 N–H and O–H groups in total. The minimum absolute atomic E-state index is 0.0280. The van der Waals surface area contributed by atoms with Crippen molar-refractivity contribution in [3.63, 3.8) is 0 Å². The maximum absolute atomic E-state index is 12.2. The van der Waals surface area contributed by atoms with Crippen molar-refractivity contribution in [1.29, 1.82) is 0 Å². The van der Waals surface area contributed by atoms with Crippen LogP contribution in [0.15, 0.2) is 16.8 Å². The third-order valence-corrected chi connectivity index (χ3v) is 4.13. The molecule has 5 nitrogen and oxygen atoms in total.